The lowest BCUT2D eigenvalue weighted by atomic mass is 10.1. The second-order valence-electron chi connectivity index (χ2n) is 4.07. The van der Waals surface area contributed by atoms with Crippen LogP contribution in [0.15, 0.2) is 53.5 Å². The van der Waals surface area contributed by atoms with Crippen LogP contribution in [0.1, 0.15) is 5.56 Å². The molecule has 2 aromatic rings. The molecule has 4 heteroatoms. The molecular weight excluding hydrogens is 312 g/mol. The molecule has 2 aromatic carbocycles. The van der Waals surface area contributed by atoms with E-state index in [-0.39, 0.29) is 12.2 Å². The van der Waals surface area contributed by atoms with Gasteiger partial charge in [-0.15, -0.1) is 0 Å². The number of hydrogen-bond donors (Lipinski definition) is 1. The summed E-state index contributed by atoms with van der Waals surface area (Å²) in [7, 11) is 0. The number of rotatable bonds is 4. The van der Waals surface area contributed by atoms with E-state index in [4.69, 9.17) is 0 Å². The summed E-state index contributed by atoms with van der Waals surface area (Å²) in [4.78, 5) is 0. The van der Waals surface area contributed by atoms with Crippen LogP contribution in [0.25, 0.3) is 5.57 Å². The fourth-order valence-electron chi connectivity index (χ4n) is 1.68. The third-order valence-electron chi connectivity index (χ3n) is 2.67. The smallest absolute Gasteiger partial charge is 0.150 e. The second-order valence-corrected chi connectivity index (χ2v) is 4.98. The Morgan fingerprint density at radius 2 is 1.68 bits per heavy atom. The van der Waals surface area contributed by atoms with E-state index in [1.54, 1.807) is 0 Å². The van der Waals surface area contributed by atoms with E-state index in [1.807, 2.05) is 30.3 Å². The van der Waals surface area contributed by atoms with Gasteiger partial charge in [-0.25, -0.2) is 8.78 Å². The van der Waals surface area contributed by atoms with Crippen LogP contribution in [0.3, 0.4) is 0 Å². The Bertz CT molecular complexity index is 573. The molecule has 0 bridgehead atoms. The summed E-state index contributed by atoms with van der Waals surface area (Å²) >= 11 is 3.04. The van der Waals surface area contributed by atoms with Crippen LogP contribution < -0.4 is 5.32 Å². The summed E-state index contributed by atoms with van der Waals surface area (Å²) in [6.07, 6.45) is 0. The van der Waals surface area contributed by atoms with Crippen molar-refractivity contribution < 1.29 is 8.78 Å². The highest BCUT2D eigenvalue weighted by molar-refractivity contribution is 9.10. The first-order chi connectivity index (χ1) is 9.08. The maximum atomic E-state index is 13.6. The van der Waals surface area contributed by atoms with Crippen molar-refractivity contribution in [3.63, 3.8) is 0 Å². The Kier molecular flexibility index (Phi) is 4.32. The number of benzene rings is 2. The highest BCUT2D eigenvalue weighted by Gasteiger charge is 2.10. The molecule has 98 valence electrons. The van der Waals surface area contributed by atoms with E-state index < -0.39 is 11.6 Å². The monoisotopic (exact) mass is 323 g/mol. The predicted octanol–water partition coefficient (Wildman–Crippen LogP) is 4.85. The van der Waals surface area contributed by atoms with Crippen molar-refractivity contribution in [3.05, 3.63) is 70.7 Å². The first-order valence-electron chi connectivity index (χ1n) is 5.69. The Morgan fingerprint density at radius 1 is 1.11 bits per heavy atom. The average Bonchev–Trinajstić information content (AvgIpc) is 2.38. The lowest BCUT2D eigenvalue weighted by molar-refractivity contribution is 0.588. The van der Waals surface area contributed by atoms with Crippen LogP contribution in [-0.2, 0) is 0 Å². The van der Waals surface area contributed by atoms with Crippen LogP contribution in [0.2, 0.25) is 0 Å². The normalized spacial score (nSPS) is 10.3. The lowest BCUT2D eigenvalue weighted by Gasteiger charge is -2.11. The van der Waals surface area contributed by atoms with Crippen LogP contribution in [0.5, 0.6) is 0 Å². The summed E-state index contributed by atoms with van der Waals surface area (Å²) in [6, 6.07) is 11.9. The molecule has 2 rings (SSSR count). The first kappa shape index (κ1) is 13.7. The van der Waals surface area contributed by atoms with E-state index >= 15 is 0 Å². The summed E-state index contributed by atoms with van der Waals surface area (Å²) in [5, 5.41) is 2.74. The van der Waals surface area contributed by atoms with Gasteiger partial charge in [0.2, 0.25) is 0 Å². The summed E-state index contributed by atoms with van der Waals surface area (Å²) in [5.74, 6) is -1.26. The fourth-order valence-corrected chi connectivity index (χ4v) is 2.08. The van der Waals surface area contributed by atoms with Crippen LogP contribution in [0.4, 0.5) is 14.5 Å². The molecule has 0 saturated carbocycles. The van der Waals surface area contributed by atoms with Gasteiger partial charge in [-0.3, -0.25) is 0 Å². The third kappa shape index (κ3) is 3.41. The van der Waals surface area contributed by atoms with Crippen LogP contribution >= 0.6 is 15.9 Å². The topological polar surface area (TPSA) is 12.0 Å². The lowest BCUT2D eigenvalue weighted by Crippen LogP contribution is -2.07. The molecule has 0 radical (unpaired) electrons. The van der Waals surface area contributed by atoms with Gasteiger partial charge >= 0.3 is 0 Å². The molecule has 0 atom stereocenters. The minimum absolute atomic E-state index is 0.139. The molecule has 0 unspecified atom stereocenters. The molecule has 1 N–H and O–H groups in total. The standard InChI is InChI=1S/C15H12BrF2N/c1-10(11-5-3-2-4-6-11)9-19-15-13(17)7-12(16)8-14(15)18/h2-8,19H,1,9H2. The van der Waals surface area contributed by atoms with Gasteiger partial charge in [-0.2, -0.15) is 0 Å². The first-order valence-corrected chi connectivity index (χ1v) is 6.49. The molecule has 0 spiro atoms. The van der Waals surface area contributed by atoms with Crippen molar-refractivity contribution in [2.75, 3.05) is 11.9 Å². The minimum Gasteiger partial charge on any atom is -0.376 e. The van der Waals surface area contributed by atoms with Crippen molar-refractivity contribution in [3.8, 4) is 0 Å². The van der Waals surface area contributed by atoms with Crippen LogP contribution in [0, 0.1) is 11.6 Å². The van der Waals surface area contributed by atoms with Gasteiger partial charge in [-0.1, -0.05) is 52.8 Å². The molecule has 0 aliphatic heterocycles. The number of nitrogens with one attached hydrogen (secondary N) is 1. The Hall–Kier alpha value is -1.68. The molecule has 0 aliphatic rings. The molecule has 1 nitrogen and oxygen atoms in total. The van der Waals surface area contributed by atoms with Crippen molar-refractivity contribution in [2.45, 2.75) is 0 Å². The molecule has 0 heterocycles. The highest BCUT2D eigenvalue weighted by atomic mass is 79.9. The van der Waals surface area contributed by atoms with Crippen LogP contribution in [-0.4, -0.2) is 6.54 Å². The molecular formula is C15H12BrF2N. The number of halogens is 3. The molecule has 0 aromatic heterocycles. The number of hydrogen-bond acceptors (Lipinski definition) is 1. The zero-order chi connectivity index (χ0) is 13.8. The van der Waals surface area contributed by atoms with E-state index in [2.05, 4.69) is 27.8 Å². The maximum absolute atomic E-state index is 13.6. The van der Waals surface area contributed by atoms with Gasteiger partial charge in [0.1, 0.15) is 17.3 Å². The minimum atomic E-state index is -0.632. The van der Waals surface area contributed by atoms with E-state index in [0.29, 0.717) is 4.47 Å². The highest BCUT2D eigenvalue weighted by Crippen LogP contribution is 2.24. The molecule has 0 amide bonds. The van der Waals surface area contributed by atoms with E-state index in [1.165, 1.54) is 12.1 Å². The fraction of sp³-hybridized carbons (Fsp3) is 0.0667. The van der Waals surface area contributed by atoms with E-state index in [9.17, 15) is 8.78 Å². The predicted molar refractivity (Wildman–Crippen MR) is 78.0 cm³/mol. The van der Waals surface area contributed by atoms with E-state index in [0.717, 1.165) is 11.1 Å². The zero-order valence-corrected chi connectivity index (χ0v) is 11.7. The Balaban J connectivity index is 2.10. The SMILES string of the molecule is C=C(CNc1c(F)cc(Br)cc1F)c1ccccc1. The van der Waals surface area contributed by atoms with Crippen molar-refractivity contribution in [2.24, 2.45) is 0 Å². The van der Waals surface area contributed by atoms with Gasteiger partial charge in [0.15, 0.2) is 0 Å². The number of anilines is 1. The molecule has 0 fully saturated rings. The van der Waals surface area contributed by atoms with Gasteiger partial charge < -0.3 is 5.32 Å². The average molecular weight is 324 g/mol. The van der Waals surface area contributed by atoms with Gasteiger partial charge in [0, 0.05) is 11.0 Å². The zero-order valence-electron chi connectivity index (χ0n) is 10.1. The summed E-state index contributed by atoms with van der Waals surface area (Å²) in [6.45, 7) is 4.18. The molecule has 19 heavy (non-hydrogen) atoms. The molecule has 0 aliphatic carbocycles. The van der Waals surface area contributed by atoms with Crippen molar-refractivity contribution in [1.82, 2.24) is 0 Å². The maximum Gasteiger partial charge on any atom is 0.150 e. The Labute approximate surface area is 119 Å². The third-order valence-corrected chi connectivity index (χ3v) is 3.13. The quantitative estimate of drug-likeness (QED) is 0.847. The second kappa shape index (κ2) is 5.97. The molecule has 0 saturated heterocycles. The van der Waals surface area contributed by atoms with Gasteiger partial charge in [0.25, 0.3) is 0 Å². The van der Waals surface area contributed by atoms with Gasteiger partial charge in [0.05, 0.1) is 0 Å². The Morgan fingerprint density at radius 3 is 2.26 bits per heavy atom. The van der Waals surface area contributed by atoms with Crippen molar-refractivity contribution in [1.29, 1.82) is 0 Å². The van der Waals surface area contributed by atoms with Gasteiger partial charge in [-0.05, 0) is 23.3 Å². The summed E-state index contributed by atoms with van der Waals surface area (Å²) in [5.41, 5.74) is 1.57. The summed E-state index contributed by atoms with van der Waals surface area (Å²) < 4.78 is 27.6. The largest absolute Gasteiger partial charge is 0.376 e. The van der Waals surface area contributed by atoms with Crippen molar-refractivity contribution >= 4 is 27.2 Å².